The normalized spacial score (nSPS) is 29.8. The minimum atomic E-state index is 0.527. The Bertz CT molecular complexity index is 419. The Kier molecular flexibility index (Phi) is 5.61. The molecule has 0 aliphatic heterocycles. The van der Waals surface area contributed by atoms with Crippen molar-refractivity contribution in [1.29, 1.82) is 0 Å². The van der Waals surface area contributed by atoms with Crippen LogP contribution in [0.4, 0.5) is 0 Å². The second kappa shape index (κ2) is 7.66. The van der Waals surface area contributed by atoms with Crippen molar-refractivity contribution in [2.24, 2.45) is 11.8 Å². The van der Waals surface area contributed by atoms with Gasteiger partial charge in [-0.25, -0.2) is 0 Å². The van der Waals surface area contributed by atoms with E-state index >= 15 is 0 Å². The predicted molar refractivity (Wildman–Crippen MR) is 96.2 cm³/mol. The van der Waals surface area contributed by atoms with Crippen LogP contribution in [0.1, 0.15) is 89.5 Å². The molecule has 1 aromatic carbocycles. The highest BCUT2D eigenvalue weighted by atomic mass is 14.5. The molecule has 2 saturated carbocycles. The lowest BCUT2D eigenvalue weighted by atomic mass is 9.59. The minimum absolute atomic E-state index is 0.527. The molecule has 0 aromatic heterocycles. The molecule has 0 saturated heterocycles. The molecule has 0 atom stereocenters. The van der Waals surface area contributed by atoms with E-state index in [4.69, 9.17) is 0 Å². The third kappa shape index (κ3) is 3.42. The maximum Gasteiger partial charge on any atom is -0.00186 e. The van der Waals surface area contributed by atoms with Crippen molar-refractivity contribution in [3.05, 3.63) is 35.9 Å². The van der Waals surface area contributed by atoms with E-state index in [-0.39, 0.29) is 0 Å². The third-order valence-electron chi connectivity index (χ3n) is 6.70. The largest absolute Gasteiger partial charge is 0.0654 e. The lowest BCUT2D eigenvalue weighted by Crippen LogP contribution is -2.38. The molecule has 0 heterocycles. The standard InChI is InChI=1S/C22H34/c1-2-3-5-10-19-15-17-22(18-16-19,21-13-8-9-14-21)20-11-6-4-7-12-20/h4,6-7,11-12,19,21H,2-3,5,8-10,13-18H2,1H3. The molecule has 0 N–H and O–H groups in total. The maximum absolute atomic E-state index is 2.43. The molecule has 1 aromatic rings. The highest BCUT2D eigenvalue weighted by molar-refractivity contribution is 5.27. The molecule has 3 rings (SSSR count). The summed E-state index contributed by atoms with van der Waals surface area (Å²) in [6, 6.07) is 11.6. The van der Waals surface area contributed by atoms with Crippen LogP contribution in [0, 0.1) is 11.8 Å². The number of hydrogen-bond donors (Lipinski definition) is 0. The molecule has 22 heavy (non-hydrogen) atoms. The van der Waals surface area contributed by atoms with Crippen LogP contribution in [-0.2, 0) is 5.41 Å². The van der Waals surface area contributed by atoms with E-state index in [1.807, 2.05) is 0 Å². The molecule has 2 fully saturated rings. The first-order valence-corrected chi connectivity index (χ1v) is 9.90. The Morgan fingerprint density at radius 1 is 0.909 bits per heavy atom. The molecule has 122 valence electrons. The molecular weight excluding hydrogens is 264 g/mol. The topological polar surface area (TPSA) is 0 Å². The van der Waals surface area contributed by atoms with E-state index in [0.29, 0.717) is 5.41 Å². The van der Waals surface area contributed by atoms with Gasteiger partial charge in [0.15, 0.2) is 0 Å². The summed E-state index contributed by atoms with van der Waals surface area (Å²) in [5.41, 5.74) is 2.19. The van der Waals surface area contributed by atoms with Gasteiger partial charge in [0.25, 0.3) is 0 Å². The number of rotatable bonds is 6. The van der Waals surface area contributed by atoms with Crippen molar-refractivity contribution in [2.75, 3.05) is 0 Å². The second-order valence-corrected chi connectivity index (χ2v) is 7.94. The van der Waals surface area contributed by atoms with Crippen molar-refractivity contribution >= 4 is 0 Å². The van der Waals surface area contributed by atoms with Crippen LogP contribution in [-0.4, -0.2) is 0 Å². The molecular formula is C22H34. The van der Waals surface area contributed by atoms with Gasteiger partial charge < -0.3 is 0 Å². The molecule has 2 aliphatic carbocycles. The van der Waals surface area contributed by atoms with Crippen LogP contribution in [0.3, 0.4) is 0 Å². The highest BCUT2D eigenvalue weighted by Crippen LogP contribution is 2.52. The summed E-state index contributed by atoms with van der Waals surface area (Å²) in [5.74, 6) is 1.98. The predicted octanol–water partition coefficient (Wildman–Crippen LogP) is 6.89. The van der Waals surface area contributed by atoms with Gasteiger partial charge in [-0.05, 0) is 61.3 Å². The van der Waals surface area contributed by atoms with Gasteiger partial charge in [0.2, 0.25) is 0 Å². The van der Waals surface area contributed by atoms with Gasteiger partial charge in [-0.3, -0.25) is 0 Å². The van der Waals surface area contributed by atoms with Crippen LogP contribution in [0.15, 0.2) is 30.3 Å². The van der Waals surface area contributed by atoms with Gasteiger partial charge in [-0.2, -0.15) is 0 Å². The van der Waals surface area contributed by atoms with E-state index in [1.54, 1.807) is 5.56 Å². The third-order valence-corrected chi connectivity index (χ3v) is 6.70. The number of benzene rings is 1. The quantitative estimate of drug-likeness (QED) is 0.502. The molecule has 0 nitrogen and oxygen atoms in total. The fraction of sp³-hybridized carbons (Fsp3) is 0.727. The second-order valence-electron chi connectivity index (χ2n) is 7.94. The van der Waals surface area contributed by atoms with Gasteiger partial charge in [-0.15, -0.1) is 0 Å². The average molecular weight is 299 g/mol. The lowest BCUT2D eigenvalue weighted by molar-refractivity contribution is 0.151. The Morgan fingerprint density at radius 3 is 2.23 bits per heavy atom. The summed E-state index contributed by atoms with van der Waals surface area (Å²) < 4.78 is 0. The molecule has 0 spiro atoms. The summed E-state index contributed by atoms with van der Waals surface area (Å²) >= 11 is 0. The number of unbranched alkanes of at least 4 members (excludes halogenated alkanes) is 2. The monoisotopic (exact) mass is 298 g/mol. The van der Waals surface area contributed by atoms with Crippen molar-refractivity contribution in [1.82, 2.24) is 0 Å². The Hall–Kier alpha value is -0.780. The Morgan fingerprint density at radius 2 is 1.59 bits per heavy atom. The summed E-state index contributed by atoms with van der Waals surface area (Å²) in [5, 5.41) is 0. The van der Waals surface area contributed by atoms with Crippen LogP contribution < -0.4 is 0 Å². The number of hydrogen-bond acceptors (Lipinski definition) is 0. The van der Waals surface area contributed by atoms with E-state index < -0.39 is 0 Å². The average Bonchev–Trinajstić information content (AvgIpc) is 3.12. The SMILES string of the molecule is CCCCCC1CCC(c2ccccc2)(C2CCCC2)CC1. The summed E-state index contributed by atoms with van der Waals surface area (Å²) in [6.45, 7) is 2.32. The van der Waals surface area contributed by atoms with Gasteiger partial charge >= 0.3 is 0 Å². The van der Waals surface area contributed by atoms with Gasteiger partial charge in [0.1, 0.15) is 0 Å². The van der Waals surface area contributed by atoms with Gasteiger partial charge in [-0.1, -0.05) is 75.8 Å². The first-order valence-electron chi connectivity index (χ1n) is 9.90. The fourth-order valence-electron chi connectivity index (χ4n) is 5.35. The smallest absolute Gasteiger partial charge is 0.00186 e. The Labute approximate surface area is 137 Å². The van der Waals surface area contributed by atoms with Crippen LogP contribution in [0.25, 0.3) is 0 Å². The summed E-state index contributed by atoms with van der Waals surface area (Å²) in [7, 11) is 0. The van der Waals surface area contributed by atoms with E-state index in [9.17, 15) is 0 Å². The van der Waals surface area contributed by atoms with Crippen molar-refractivity contribution in [3.8, 4) is 0 Å². The molecule has 0 radical (unpaired) electrons. The van der Waals surface area contributed by atoms with E-state index in [1.165, 1.54) is 77.0 Å². The maximum atomic E-state index is 2.43. The van der Waals surface area contributed by atoms with Gasteiger partial charge in [0.05, 0.1) is 0 Å². The van der Waals surface area contributed by atoms with Crippen LogP contribution >= 0.6 is 0 Å². The molecule has 0 bridgehead atoms. The molecule has 0 heteroatoms. The van der Waals surface area contributed by atoms with E-state index in [2.05, 4.69) is 37.3 Å². The zero-order chi connectivity index (χ0) is 15.3. The lowest BCUT2D eigenvalue weighted by Gasteiger charge is -2.45. The highest BCUT2D eigenvalue weighted by Gasteiger charge is 2.43. The van der Waals surface area contributed by atoms with Crippen molar-refractivity contribution < 1.29 is 0 Å². The fourth-order valence-corrected chi connectivity index (χ4v) is 5.35. The molecule has 2 aliphatic rings. The summed E-state index contributed by atoms with van der Waals surface area (Å²) in [6.07, 6.45) is 17.5. The minimum Gasteiger partial charge on any atom is -0.0654 e. The zero-order valence-electron chi connectivity index (χ0n) is 14.5. The molecule has 0 unspecified atom stereocenters. The first-order chi connectivity index (χ1) is 10.8. The van der Waals surface area contributed by atoms with Crippen LogP contribution in [0.5, 0.6) is 0 Å². The molecule has 0 amide bonds. The summed E-state index contributed by atoms with van der Waals surface area (Å²) in [4.78, 5) is 0. The van der Waals surface area contributed by atoms with Crippen molar-refractivity contribution in [2.45, 2.75) is 89.4 Å². The van der Waals surface area contributed by atoms with Gasteiger partial charge in [0, 0.05) is 0 Å². The van der Waals surface area contributed by atoms with E-state index in [0.717, 1.165) is 11.8 Å². The zero-order valence-corrected chi connectivity index (χ0v) is 14.5. The first kappa shape index (κ1) is 16.1. The van der Waals surface area contributed by atoms with Crippen LogP contribution in [0.2, 0.25) is 0 Å². The Balaban J connectivity index is 1.69. The van der Waals surface area contributed by atoms with Crippen molar-refractivity contribution in [3.63, 3.8) is 0 Å².